The molecule has 0 fully saturated rings. The smallest absolute Gasteiger partial charge is 0.306 e. The van der Waals surface area contributed by atoms with Crippen LogP contribution in [-0.4, -0.2) is 20.4 Å². The van der Waals surface area contributed by atoms with Crippen molar-refractivity contribution in [2.45, 2.75) is 6.92 Å². The molecule has 0 bridgehead atoms. The normalized spacial score (nSPS) is 11.0. The Bertz CT molecular complexity index is 1190. The molecule has 0 aliphatic heterocycles. The molecule has 0 spiro atoms. The van der Waals surface area contributed by atoms with E-state index >= 15 is 0 Å². The Labute approximate surface area is 153 Å². The number of imidazole rings is 1. The highest BCUT2D eigenvalue weighted by Crippen LogP contribution is 2.27. The van der Waals surface area contributed by atoms with Gasteiger partial charge in [-0.05, 0) is 30.7 Å². The van der Waals surface area contributed by atoms with Crippen LogP contribution < -0.4 is 11.0 Å². The van der Waals surface area contributed by atoms with Gasteiger partial charge in [0.2, 0.25) is 0 Å². The molecule has 0 atom stereocenters. The van der Waals surface area contributed by atoms with Crippen molar-refractivity contribution in [2.24, 2.45) is 7.05 Å². The molecule has 2 aromatic heterocycles. The Hall–Kier alpha value is -3.19. The first-order valence-corrected chi connectivity index (χ1v) is 8.92. The summed E-state index contributed by atoms with van der Waals surface area (Å²) in [6.45, 7) is 2.03. The number of anilines is 1. The van der Waals surface area contributed by atoms with E-state index in [2.05, 4.69) is 15.3 Å². The SMILES string of the molecule is Cc1ccccc1-c1csc(NC(=O)c2ccc3c(c2)[nH]c(=O)n3C)n1. The van der Waals surface area contributed by atoms with Gasteiger partial charge in [-0.1, -0.05) is 24.3 Å². The Kier molecular flexibility index (Phi) is 3.93. The highest BCUT2D eigenvalue weighted by atomic mass is 32.1. The van der Waals surface area contributed by atoms with Gasteiger partial charge < -0.3 is 4.98 Å². The first-order chi connectivity index (χ1) is 12.5. The Morgan fingerprint density at radius 2 is 2.04 bits per heavy atom. The average Bonchev–Trinajstić information content (AvgIpc) is 3.20. The number of carbonyl (C=O) groups is 1. The maximum atomic E-state index is 12.5. The second kappa shape index (κ2) is 6.27. The summed E-state index contributed by atoms with van der Waals surface area (Å²) in [6, 6.07) is 13.1. The van der Waals surface area contributed by atoms with Gasteiger partial charge in [-0.15, -0.1) is 11.3 Å². The van der Waals surface area contributed by atoms with Crippen molar-refractivity contribution >= 4 is 33.4 Å². The van der Waals surface area contributed by atoms with Crippen LogP contribution in [0.25, 0.3) is 22.3 Å². The molecule has 0 saturated carbocycles. The molecule has 2 heterocycles. The standard InChI is InChI=1S/C19H16N4O2S/c1-11-5-3-4-6-13(11)15-10-26-18(20-15)22-17(24)12-7-8-16-14(9-12)21-19(25)23(16)2/h3-10H,1-2H3,(H,21,25)(H,20,22,24). The van der Waals surface area contributed by atoms with E-state index in [4.69, 9.17) is 0 Å². The highest BCUT2D eigenvalue weighted by molar-refractivity contribution is 7.14. The van der Waals surface area contributed by atoms with E-state index in [1.54, 1.807) is 25.2 Å². The summed E-state index contributed by atoms with van der Waals surface area (Å²) in [7, 11) is 1.68. The van der Waals surface area contributed by atoms with E-state index in [0.717, 1.165) is 22.3 Å². The van der Waals surface area contributed by atoms with Gasteiger partial charge in [0.05, 0.1) is 16.7 Å². The maximum absolute atomic E-state index is 12.5. The van der Waals surface area contributed by atoms with Crippen LogP contribution in [0.2, 0.25) is 0 Å². The monoisotopic (exact) mass is 364 g/mol. The lowest BCUT2D eigenvalue weighted by molar-refractivity contribution is 0.102. The number of rotatable bonds is 3. The molecule has 1 amide bonds. The third-order valence-electron chi connectivity index (χ3n) is 4.31. The molecular weight excluding hydrogens is 348 g/mol. The van der Waals surface area contributed by atoms with Gasteiger partial charge in [-0.3, -0.25) is 14.7 Å². The quantitative estimate of drug-likeness (QED) is 0.583. The number of hydrogen-bond acceptors (Lipinski definition) is 4. The van der Waals surface area contributed by atoms with Gasteiger partial charge in [0.25, 0.3) is 5.91 Å². The summed E-state index contributed by atoms with van der Waals surface area (Å²) in [4.78, 5) is 31.4. The fourth-order valence-corrected chi connectivity index (χ4v) is 3.57. The number of nitrogens with one attached hydrogen (secondary N) is 2. The van der Waals surface area contributed by atoms with Crippen LogP contribution in [0.3, 0.4) is 0 Å². The minimum Gasteiger partial charge on any atom is -0.306 e. The predicted octanol–water partition coefficient (Wildman–Crippen LogP) is 3.55. The van der Waals surface area contributed by atoms with Crippen LogP contribution in [0.15, 0.2) is 52.6 Å². The third-order valence-corrected chi connectivity index (χ3v) is 5.07. The fraction of sp³-hybridized carbons (Fsp3) is 0.105. The number of aromatic amines is 1. The van der Waals surface area contributed by atoms with Gasteiger partial charge in [0.15, 0.2) is 5.13 Å². The molecule has 0 radical (unpaired) electrons. The molecule has 6 nitrogen and oxygen atoms in total. The number of benzene rings is 2. The molecule has 0 unspecified atom stereocenters. The minimum atomic E-state index is -0.262. The number of thiazole rings is 1. The average molecular weight is 364 g/mol. The second-order valence-electron chi connectivity index (χ2n) is 6.03. The van der Waals surface area contributed by atoms with Crippen LogP contribution in [0.1, 0.15) is 15.9 Å². The van der Waals surface area contributed by atoms with Crippen molar-refractivity contribution in [3.8, 4) is 11.3 Å². The lowest BCUT2D eigenvalue weighted by Gasteiger charge is -2.03. The molecule has 4 aromatic rings. The van der Waals surface area contributed by atoms with Gasteiger partial charge in [0.1, 0.15) is 0 Å². The maximum Gasteiger partial charge on any atom is 0.326 e. The molecule has 0 saturated heterocycles. The summed E-state index contributed by atoms with van der Waals surface area (Å²) in [5.74, 6) is -0.262. The fourth-order valence-electron chi connectivity index (χ4n) is 2.86. The molecule has 4 rings (SSSR count). The molecule has 130 valence electrons. The molecular formula is C19H16N4O2S. The first kappa shape index (κ1) is 16.3. The molecule has 7 heteroatoms. The minimum absolute atomic E-state index is 0.208. The second-order valence-corrected chi connectivity index (χ2v) is 6.89. The van der Waals surface area contributed by atoms with Crippen LogP contribution >= 0.6 is 11.3 Å². The number of carbonyl (C=O) groups excluding carboxylic acids is 1. The van der Waals surface area contributed by atoms with E-state index < -0.39 is 0 Å². The van der Waals surface area contributed by atoms with E-state index in [-0.39, 0.29) is 11.6 Å². The van der Waals surface area contributed by atoms with E-state index in [1.807, 2.05) is 36.6 Å². The van der Waals surface area contributed by atoms with Crippen molar-refractivity contribution in [1.82, 2.24) is 14.5 Å². The first-order valence-electron chi connectivity index (χ1n) is 8.04. The number of H-pyrrole nitrogens is 1. The van der Waals surface area contributed by atoms with Crippen molar-refractivity contribution in [1.29, 1.82) is 0 Å². The molecule has 0 aliphatic carbocycles. The van der Waals surface area contributed by atoms with Crippen molar-refractivity contribution in [2.75, 3.05) is 5.32 Å². The number of fused-ring (bicyclic) bond motifs is 1. The van der Waals surface area contributed by atoms with E-state index in [0.29, 0.717) is 16.2 Å². The summed E-state index contributed by atoms with van der Waals surface area (Å²) in [5, 5.41) is 5.29. The molecule has 2 N–H and O–H groups in total. The zero-order chi connectivity index (χ0) is 18.3. The third kappa shape index (κ3) is 2.82. The lowest BCUT2D eigenvalue weighted by Crippen LogP contribution is -2.11. The van der Waals surface area contributed by atoms with Crippen molar-refractivity contribution in [3.05, 3.63) is 69.5 Å². The van der Waals surface area contributed by atoms with Gasteiger partial charge in [-0.25, -0.2) is 9.78 Å². The zero-order valence-electron chi connectivity index (χ0n) is 14.2. The number of aromatic nitrogens is 3. The number of aryl methyl sites for hydroxylation is 2. The Morgan fingerprint density at radius 1 is 1.23 bits per heavy atom. The van der Waals surface area contributed by atoms with Gasteiger partial charge in [0, 0.05) is 23.6 Å². The zero-order valence-corrected chi connectivity index (χ0v) is 15.1. The van der Waals surface area contributed by atoms with Gasteiger partial charge >= 0.3 is 5.69 Å². The largest absolute Gasteiger partial charge is 0.326 e. The lowest BCUT2D eigenvalue weighted by atomic mass is 10.1. The molecule has 26 heavy (non-hydrogen) atoms. The Morgan fingerprint density at radius 3 is 2.85 bits per heavy atom. The summed E-state index contributed by atoms with van der Waals surface area (Å²) >= 11 is 1.38. The number of nitrogens with zero attached hydrogens (tertiary/aromatic N) is 2. The molecule has 0 aliphatic rings. The topological polar surface area (TPSA) is 79.8 Å². The van der Waals surface area contributed by atoms with Crippen LogP contribution in [0.4, 0.5) is 5.13 Å². The predicted molar refractivity (Wildman–Crippen MR) is 104 cm³/mol. The molecule has 2 aromatic carbocycles. The van der Waals surface area contributed by atoms with Crippen LogP contribution in [0, 0.1) is 6.92 Å². The van der Waals surface area contributed by atoms with Gasteiger partial charge in [-0.2, -0.15) is 0 Å². The van der Waals surface area contributed by atoms with E-state index in [9.17, 15) is 9.59 Å². The van der Waals surface area contributed by atoms with Crippen LogP contribution in [-0.2, 0) is 7.05 Å². The summed E-state index contributed by atoms with van der Waals surface area (Å²) < 4.78 is 1.51. The number of amides is 1. The van der Waals surface area contributed by atoms with Crippen LogP contribution in [0.5, 0.6) is 0 Å². The number of hydrogen-bond donors (Lipinski definition) is 2. The van der Waals surface area contributed by atoms with Crippen molar-refractivity contribution < 1.29 is 4.79 Å². The summed E-state index contributed by atoms with van der Waals surface area (Å²) in [5.41, 5.74) is 4.66. The summed E-state index contributed by atoms with van der Waals surface area (Å²) in [6.07, 6.45) is 0. The van der Waals surface area contributed by atoms with Crippen molar-refractivity contribution in [3.63, 3.8) is 0 Å². The Balaban J connectivity index is 1.59. The van der Waals surface area contributed by atoms with E-state index in [1.165, 1.54) is 15.9 Å². The highest BCUT2D eigenvalue weighted by Gasteiger charge is 2.13.